The Morgan fingerprint density at radius 2 is 0.870 bits per heavy atom. The zero-order chi connectivity index (χ0) is 45.8. The molecule has 14 rings (SSSR count). The molecular formula is C65H46N4. The van der Waals surface area contributed by atoms with Crippen molar-refractivity contribution in [1.82, 2.24) is 13.7 Å². The van der Waals surface area contributed by atoms with Crippen LogP contribution in [0.4, 0.5) is 17.1 Å². The minimum Gasteiger partial charge on any atom is -0.316 e. The highest BCUT2D eigenvalue weighted by atomic mass is 15.1. The van der Waals surface area contributed by atoms with Gasteiger partial charge in [-0.25, -0.2) is 0 Å². The van der Waals surface area contributed by atoms with Crippen LogP contribution in [0.25, 0.3) is 93.8 Å². The minimum absolute atomic E-state index is 0.135. The fourth-order valence-electron chi connectivity index (χ4n) is 11.6. The van der Waals surface area contributed by atoms with Crippen LogP contribution in [0.2, 0.25) is 0 Å². The second-order valence-corrected chi connectivity index (χ2v) is 19.0. The van der Waals surface area contributed by atoms with Crippen molar-refractivity contribution in [3.05, 3.63) is 254 Å². The first-order valence-corrected chi connectivity index (χ1v) is 23.9. The summed E-state index contributed by atoms with van der Waals surface area (Å²) in [6.45, 7) is 4.72. The van der Waals surface area contributed by atoms with Crippen LogP contribution in [-0.4, -0.2) is 13.7 Å². The van der Waals surface area contributed by atoms with E-state index in [4.69, 9.17) is 0 Å². The van der Waals surface area contributed by atoms with Crippen molar-refractivity contribution in [2.45, 2.75) is 19.3 Å². The average molecular weight is 883 g/mol. The summed E-state index contributed by atoms with van der Waals surface area (Å²) >= 11 is 0. The second-order valence-electron chi connectivity index (χ2n) is 19.0. The zero-order valence-electron chi connectivity index (χ0n) is 38.4. The number of aromatic nitrogens is 3. The molecule has 3 aromatic heterocycles. The lowest BCUT2D eigenvalue weighted by Gasteiger charge is -2.28. The van der Waals surface area contributed by atoms with Crippen molar-refractivity contribution in [2.24, 2.45) is 0 Å². The van der Waals surface area contributed by atoms with E-state index >= 15 is 0 Å². The summed E-state index contributed by atoms with van der Waals surface area (Å²) in [6.07, 6.45) is 2.22. The molecule has 0 radical (unpaired) electrons. The van der Waals surface area contributed by atoms with Gasteiger partial charge in [-0.2, -0.15) is 0 Å². The molecule has 0 fully saturated rings. The Morgan fingerprint density at radius 1 is 0.333 bits per heavy atom. The highest BCUT2D eigenvalue weighted by Gasteiger charge is 2.36. The monoisotopic (exact) mass is 882 g/mol. The van der Waals surface area contributed by atoms with Crippen molar-refractivity contribution in [1.29, 1.82) is 0 Å². The van der Waals surface area contributed by atoms with E-state index < -0.39 is 0 Å². The molecule has 3 heterocycles. The first-order valence-electron chi connectivity index (χ1n) is 23.9. The molecule has 4 heteroatoms. The third-order valence-corrected chi connectivity index (χ3v) is 14.9. The van der Waals surface area contributed by atoms with Crippen LogP contribution in [0, 0.1) is 0 Å². The first kappa shape index (κ1) is 39.3. The van der Waals surface area contributed by atoms with Gasteiger partial charge in [0.25, 0.3) is 0 Å². The summed E-state index contributed by atoms with van der Waals surface area (Å²) in [7, 11) is 0. The van der Waals surface area contributed by atoms with E-state index in [9.17, 15) is 0 Å². The van der Waals surface area contributed by atoms with Gasteiger partial charge < -0.3 is 18.6 Å². The summed E-state index contributed by atoms with van der Waals surface area (Å²) in [5.74, 6) is 0. The molecule has 0 amide bonds. The molecule has 0 aliphatic heterocycles. The number of fused-ring (bicyclic) bond motifs is 12. The van der Waals surface area contributed by atoms with Gasteiger partial charge in [0, 0.05) is 72.7 Å². The molecule has 0 N–H and O–H groups in total. The van der Waals surface area contributed by atoms with Crippen molar-refractivity contribution >= 4 is 71.6 Å². The van der Waals surface area contributed by atoms with Gasteiger partial charge in [-0.3, -0.25) is 0 Å². The third kappa shape index (κ3) is 5.88. The van der Waals surface area contributed by atoms with E-state index in [0.29, 0.717) is 0 Å². The Labute approximate surface area is 400 Å². The highest BCUT2D eigenvalue weighted by molar-refractivity contribution is 6.27. The molecule has 0 atom stereocenters. The maximum Gasteiger partial charge on any atom is 0.0789 e. The minimum atomic E-state index is -0.135. The number of hydrogen-bond donors (Lipinski definition) is 0. The SMILES string of the molecule is CC1(C)c2ccccc2-c2ccc(N(c3ccc(-c4ccccc4)cc3)c3ccc(-n4c5c(ccc6c5ccn6-c5ccccc5)c5ccc6c7ccccc7n(-c7ccccc7)c6c54)cc3)cc21. The predicted octanol–water partition coefficient (Wildman–Crippen LogP) is 17.3. The molecule has 0 unspecified atom stereocenters. The highest BCUT2D eigenvalue weighted by Crippen LogP contribution is 2.51. The van der Waals surface area contributed by atoms with Gasteiger partial charge in [-0.15, -0.1) is 0 Å². The summed E-state index contributed by atoms with van der Waals surface area (Å²) in [6, 6.07) is 86.9. The van der Waals surface area contributed by atoms with Gasteiger partial charge in [-0.05, 0) is 124 Å². The molecule has 4 nitrogen and oxygen atoms in total. The molecule has 1 aliphatic rings. The van der Waals surface area contributed by atoms with Crippen molar-refractivity contribution in [3.8, 4) is 39.3 Å². The normalized spacial score (nSPS) is 12.9. The Hall–Kier alpha value is -8.86. The summed E-state index contributed by atoms with van der Waals surface area (Å²) in [5, 5.41) is 6.11. The number of rotatable bonds is 7. The van der Waals surface area contributed by atoms with Crippen LogP contribution in [0.15, 0.2) is 243 Å². The lowest BCUT2D eigenvalue weighted by molar-refractivity contribution is 0.660. The fraction of sp³-hybridized carbons (Fsp3) is 0.0462. The second kappa shape index (κ2) is 15.1. The summed E-state index contributed by atoms with van der Waals surface area (Å²) < 4.78 is 7.33. The van der Waals surface area contributed by atoms with Crippen LogP contribution in [0.5, 0.6) is 0 Å². The molecule has 0 saturated carbocycles. The Balaban J connectivity index is 1.01. The van der Waals surface area contributed by atoms with Crippen LogP contribution >= 0.6 is 0 Å². The Morgan fingerprint density at radius 3 is 1.62 bits per heavy atom. The smallest absolute Gasteiger partial charge is 0.0789 e. The number of anilines is 3. The molecular weight excluding hydrogens is 837 g/mol. The largest absolute Gasteiger partial charge is 0.316 e. The quantitative estimate of drug-likeness (QED) is 0.156. The molecule has 10 aromatic carbocycles. The van der Waals surface area contributed by atoms with Crippen LogP contribution < -0.4 is 4.90 Å². The van der Waals surface area contributed by atoms with E-state index in [-0.39, 0.29) is 5.41 Å². The van der Waals surface area contributed by atoms with Crippen molar-refractivity contribution in [3.63, 3.8) is 0 Å². The predicted molar refractivity (Wildman–Crippen MR) is 290 cm³/mol. The molecule has 0 saturated heterocycles. The lowest BCUT2D eigenvalue weighted by Crippen LogP contribution is -2.16. The molecule has 13 aromatic rings. The fourth-order valence-corrected chi connectivity index (χ4v) is 11.6. The topological polar surface area (TPSA) is 18.0 Å². The molecule has 69 heavy (non-hydrogen) atoms. The standard InChI is InChI=1S/C65H46N4/c1-65(2)58-24-14-12-22-51(58)52-35-34-50(42-59(52)65)67(47-28-26-44(27-29-47)43-16-6-3-7-17-43)48-30-32-49(33-31-48)69-62-55(38-39-60-57(62)40-41-66(60)45-18-8-4-9-19-45)56-37-36-54-53-23-13-15-25-61(53)68(63(54)64(56)69)46-20-10-5-11-21-46/h3-42H,1-2H3. The van der Waals surface area contributed by atoms with Crippen molar-refractivity contribution < 1.29 is 0 Å². The Kier molecular flexibility index (Phi) is 8.59. The number of para-hydroxylation sites is 3. The van der Waals surface area contributed by atoms with Gasteiger partial charge in [0.2, 0.25) is 0 Å². The number of benzene rings is 10. The van der Waals surface area contributed by atoms with E-state index in [1.54, 1.807) is 0 Å². The van der Waals surface area contributed by atoms with Crippen molar-refractivity contribution in [2.75, 3.05) is 4.90 Å². The molecule has 0 bridgehead atoms. The molecule has 1 aliphatic carbocycles. The van der Waals surface area contributed by atoms with E-state index in [1.807, 2.05) is 0 Å². The third-order valence-electron chi connectivity index (χ3n) is 14.9. The summed E-state index contributed by atoms with van der Waals surface area (Å²) in [4.78, 5) is 2.42. The van der Waals surface area contributed by atoms with Crippen LogP contribution in [0.3, 0.4) is 0 Å². The van der Waals surface area contributed by atoms with Gasteiger partial charge in [0.1, 0.15) is 0 Å². The number of hydrogen-bond acceptors (Lipinski definition) is 1. The van der Waals surface area contributed by atoms with E-state index in [1.165, 1.54) is 87.9 Å². The van der Waals surface area contributed by atoms with Gasteiger partial charge >= 0.3 is 0 Å². The first-order chi connectivity index (χ1) is 34.0. The summed E-state index contributed by atoms with van der Waals surface area (Å²) in [5.41, 5.74) is 20.2. The number of nitrogens with zero attached hydrogens (tertiary/aromatic N) is 4. The maximum atomic E-state index is 2.54. The average Bonchev–Trinajstić information content (AvgIpc) is 4.15. The van der Waals surface area contributed by atoms with Gasteiger partial charge in [-0.1, -0.05) is 159 Å². The Bertz CT molecular complexity index is 4120. The lowest BCUT2D eigenvalue weighted by atomic mass is 9.82. The van der Waals surface area contributed by atoms with Gasteiger partial charge in [0.15, 0.2) is 0 Å². The van der Waals surface area contributed by atoms with E-state index in [0.717, 1.165) is 34.1 Å². The van der Waals surface area contributed by atoms with Gasteiger partial charge in [0.05, 0.1) is 27.6 Å². The van der Waals surface area contributed by atoms with E-state index in [2.05, 4.69) is 275 Å². The van der Waals surface area contributed by atoms with Crippen LogP contribution in [0.1, 0.15) is 25.0 Å². The van der Waals surface area contributed by atoms with Crippen LogP contribution in [-0.2, 0) is 5.41 Å². The zero-order valence-corrected chi connectivity index (χ0v) is 38.4. The molecule has 0 spiro atoms. The maximum absolute atomic E-state index is 2.54. The molecule has 326 valence electrons.